The molecular weight excluding hydrogens is 218 g/mol. The first kappa shape index (κ1) is 13.6. The zero-order chi connectivity index (χ0) is 12.7. The third kappa shape index (κ3) is 4.50. The van der Waals surface area contributed by atoms with Crippen molar-refractivity contribution in [3.63, 3.8) is 0 Å². The number of methoxy groups -OCH3 is 1. The summed E-state index contributed by atoms with van der Waals surface area (Å²) in [6, 6.07) is 5.11. The Hall–Kier alpha value is -1.46. The van der Waals surface area contributed by atoms with Gasteiger partial charge in [-0.3, -0.25) is 9.78 Å². The number of amides is 1. The zero-order valence-corrected chi connectivity index (χ0v) is 10.3. The lowest BCUT2D eigenvalue weighted by Gasteiger charge is -2.20. The molecule has 1 heterocycles. The highest BCUT2D eigenvalue weighted by molar-refractivity contribution is 5.81. The summed E-state index contributed by atoms with van der Waals surface area (Å²) in [7, 11) is 3.32. The van der Waals surface area contributed by atoms with E-state index in [0.717, 1.165) is 5.69 Å². The highest BCUT2D eigenvalue weighted by Crippen LogP contribution is 2.02. The number of ether oxygens (including phenoxy) is 1. The Kier molecular flexibility index (Phi) is 5.59. The van der Waals surface area contributed by atoms with E-state index in [2.05, 4.69) is 4.98 Å². The molecule has 5 heteroatoms. The quantitative estimate of drug-likeness (QED) is 0.777. The Balaban J connectivity index is 2.47. The summed E-state index contributed by atoms with van der Waals surface area (Å²) in [6.07, 6.45) is 2.24. The molecule has 0 fully saturated rings. The summed E-state index contributed by atoms with van der Waals surface area (Å²) in [5.74, 6) is -0.0901. The minimum Gasteiger partial charge on any atom is -0.385 e. The fourth-order valence-electron chi connectivity index (χ4n) is 1.46. The molecule has 0 bridgehead atoms. The van der Waals surface area contributed by atoms with Crippen molar-refractivity contribution in [2.45, 2.75) is 19.0 Å². The molecule has 1 rings (SSSR count). The van der Waals surface area contributed by atoms with Crippen LogP contribution < -0.4 is 5.73 Å². The molecule has 0 aliphatic heterocycles. The second kappa shape index (κ2) is 6.98. The van der Waals surface area contributed by atoms with Gasteiger partial charge in [-0.2, -0.15) is 0 Å². The fourth-order valence-corrected chi connectivity index (χ4v) is 1.46. The average molecular weight is 237 g/mol. The number of nitrogens with zero attached hydrogens (tertiary/aromatic N) is 2. The first-order chi connectivity index (χ1) is 8.15. The molecule has 0 aromatic carbocycles. The van der Waals surface area contributed by atoms with Crippen LogP contribution in [0.2, 0.25) is 0 Å². The van der Waals surface area contributed by atoms with E-state index >= 15 is 0 Å². The van der Waals surface area contributed by atoms with Crippen LogP contribution in [0.4, 0.5) is 0 Å². The molecule has 0 aliphatic rings. The molecule has 1 aromatic rings. The number of hydrogen-bond acceptors (Lipinski definition) is 4. The van der Waals surface area contributed by atoms with Crippen molar-refractivity contribution in [3.8, 4) is 0 Å². The van der Waals surface area contributed by atoms with E-state index in [1.807, 2.05) is 18.2 Å². The molecule has 0 spiro atoms. The van der Waals surface area contributed by atoms with Gasteiger partial charge in [0.15, 0.2) is 0 Å². The smallest absolute Gasteiger partial charge is 0.239 e. The number of carbonyl (C=O) groups is 1. The van der Waals surface area contributed by atoms with Crippen LogP contribution in [0.15, 0.2) is 24.4 Å². The number of aromatic nitrogens is 1. The van der Waals surface area contributed by atoms with Gasteiger partial charge in [0.1, 0.15) is 0 Å². The predicted molar refractivity (Wildman–Crippen MR) is 65.2 cm³/mol. The average Bonchev–Trinajstić information content (AvgIpc) is 2.36. The molecular formula is C12H19N3O2. The second-order valence-electron chi connectivity index (χ2n) is 3.90. The fraction of sp³-hybridized carbons (Fsp3) is 0.500. The van der Waals surface area contributed by atoms with Crippen molar-refractivity contribution >= 4 is 5.91 Å². The van der Waals surface area contributed by atoms with Crippen molar-refractivity contribution in [1.29, 1.82) is 0 Å². The second-order valence-corrected chi connectivity index (χ2v) is 3.90. The summed E-state index contributed by atoms with van der Waals surface area (Å²) in [6.45, 7) is 0.963. The van der Waals surface area contributed by atoms with E-state index in [9.17, 15) is 4.79 Å². The van der Waals surface area contributed by atoms with E-state index in [-0.39, 0.29) is 5.91 Å². The SMILES string of the molecule is COCCC(N)C(=O)N(C)Cc1ccccn1. The van der Waals surface area contributed by atoms with Crippen LogP contribution in [0, 0.1) is 0 Å². The Morgan fingerprint density at radius 2 is 2.35 bits per heavy atom. The Morgan fingerprint density at radius 3 is 2.94 bits per heavy atom. The maximum Gasteiger partial charge on any atom is 0.239 e. The van der Waals surface area contributed by atoms with Gasteiger partial charge in [0.25, 0.3) is 0 Å². The predicted octanol–water partition coefficient (Wildman–Crippen LogP) is 0.404. The van der Waals surface area contributed by atoms with Crippen LogP contribution in [-0.4, -0.2) is 42.6 Å². The topological polar surface area (TPSA) is 68.5 Å². The van der Waals surface area contributed by atoms with Gasteiger partial charge in [0.2, 0.25) is 5.91 Å². The standard InChI is InChI=1S/C12H19N3O2/c1-15(9-10-5-3-4-7-14-10)12(16)11(13)6-8-17-2/h3-5,7,11H,6,8-9,13H2,1-2H3. The third-order valence-corrected chi connectivity index (χ3v) is 2.45. The summed E-state index contributed by atoms with van der Waals surface area (Å²) in [5.41, 5.74) is 6.62. The summed E-state index contributed by atoms with van der Waals surface area (Å²) in [5, 5.41) is 0. The van der Waals surface area contributed by atoms with Crippen LogP contribution in [-0.2, 0) is 16.1 Å². The number of carbonyl (C=O) groups excluding carboxylic acids is 1. The molecule has 17 heavy (non-hydrogen) atoms. The highest BCUT2D eigenvalue weighted by Gasteiger charge is 2.17. The van der Waals surface area contributed by atoms with Crippen molar-refractivity contribution in [2.75, 3.05) is 20.8 Å². The molecule has 0 radical (unpaired) electrons. The molecule has 1 atom stereocenters. The van der Waals surface area contributed by atoms with Gasteiger partial charge in [0, 0.05) is 27.0 Å². The molecule has 0 aliphatic carbocycles. The van der Waals surface area contributed by atoms with Gasteiger partial charge < -0.3 is 15.4 Å². The Bertz CT molecular complexity index is 343. The van der Waals surface area contributed by atoms with Gasteiger partial charge in [0.05, 0.1) is 18.3 Å². The van der Waals surface area contributed by atoms with Gasteiger partial charge >= 0.3 is 0 Å². The van der Waals surface area contributed by atoms with E-state index in [1.165, 1.54) is 0 Å². The van der Waals surface area contributed by atoms with Crippen molar-refractivity contribution in [3.05, 3.63) is 30.1 Å². The van der Waals surface area contributed by atoms with Crippen molar-refractivity contribution in [1.82, 2.24) is 9.88 Å². The Morgan fingerprint density at radius 1 is 1.59 bits per heavy atom. The molecule has 5 nitrogen and oxygen atoms in total. The van der Waals surface area contributed by atoms with Gasteiger partial charge in [-0.25, -0.2) is 0 Å². The number of pyridine rings is 1. The van der Waals surface area contributed by atoms with Gasteiger partial charge in [-0.15, -0.1) is 0 Å². The minimum absolute atomic E-state index is 0.0901. The monoisotopic (exact) mass is 237 g/mol. The normalized spacial score (nSPS) is 12.2. The van der Waals surface area contributed by atoms with Crippen LogP contribution in [0.5, 0.6) is 0 Å². The molecule has 2 N–H and O–H groups in total. The zero-order valence-electron chi connectivity index (χ0n) is 10.3. The highest BCUT2D eigenvalue weighted by atomic mass is 16.5. The summed E-state index contributed by atoms with van der Waals surface area (Å²) < 4.78 is 4.90. The molecule has 94 valence electrons. The molecule has 1 aromatic heterocycles. The van der Waals surface area contributed by atoms with Crippen molar-refractivity contribution < 1.29 is 9.53 Å². The van der Waals surface area contributed by atoms with E-state index in [1.54, 1.807) is 25.3 Å². The maximum absolute atomic E-state index is 11.9. The summed E-state index contributed by atoms with van der Waals surface area (Å²) in [4.78, 5) is 17.6. The van der Waals surface area contributed by atoms with Gasteiger partial charge in [-0.05, 0) is 18.6 Å². The van der Waals surface area contributed by atoms with Crippen LogP contribution in [0.3, 0.4) is 0 Å². The first-order valence-electron chi connectivity index (χ1n) is 5.54. The van der Waals surface area contributed by atoms with Gasteiger partial charge in [-0.1, -0.05) is 6.07 Å². The summed E-state index contributed by atoms with van der Waals surface area (Å²) >= 11 is 0. The van der Waals surface area contributed by atoms with Crippen molar-refractivity contribution in [2.24, 2.45) is 5.73 Å². The van der Waals surface area contributed by atoms with E-state index < -0.39 is 6.04 Å². The lowest BCUT2D eigenvalue weighted by Crippen LogP contribution is -2.42. The number of hydrogen-bond donors (Lipinski definition) is 1. The number of likely N-dealkylation sites (N-methyl/N-ethyl adjacent to an activating group) is 1. The number of rotatable bonds is 6. The molecule has 1 unspecified atom stereocenters. The minimum atomic E-state index is -0.510. The maximum atomic E-state index is 11.9. The van der Waals surface area contributed by atoms with Crippen LogP contribution in [0.25, 0.3) is 0 Å². The lowest BCUT2D eigenvalue weighted by molar-refractivity contribution is -0.132. The van der Waals surface area contributed by atoms with Crippen LogP contribution >= 0.6 is 0 Å². The van der Waals surface area contributed by atoms with Crippen LogP contribution in [0.1, 0.15) is 12.1 Å². The first-order valence-corrected chi connectivity index (χ1v) is 5.54. The number of nitrogens with two attached hydrogens (primary N) is 1. The molecule has 1 amide bonds. The van der Waals surface area contributed by atoms with E-state index in [4.69, 9.17) is 10.5 Å². The third-order valence-electron chi connectivity index (χ3n) is 2.45. The molecule has 0 saturated heterocycles. The lowest BCUT2D eigenvalue weighted by atomic mass is 10.2. The van der Waals surface area contributed by atoms with E-state index in [0.29, 0.717) is 19.6 Å². The molecule has 0 saturated carbocycles. The largest absolute Gasteiger partial charge is 0.385 e. The Labute approximate surface area is 102 Å².